The van der Waals surface area contributed by atoms with Crippen LogP contribution in [0.3, 0.4) is 0 Å². The third-order valence-corrected chi connectivity index (χ3v) is 2.30. The van der Waals surface area contributed by atoms with E-state index >= 15 is 0 Å². The highest BCUT2D eigenvalue weighted by Gasteiger charge is 2.26. The molecule has 0 saturated heterocycles. The van der Waals surface area contributed by atoms with Crippen LogP contribution in [-0.4, -0.2) is 40.9 Å². The molecule has 0 spiro atoms. The zero-order valence-corrected chi connectivity index (χ0v) is 10.2. The molecule has 17 heavy (non-hydrogen) atoms. The standard InChI is InChI=1S/C11H18N2O4/c1-4-17-11(16)9(7(3)14)10-12-6(2)5-8(15)13-10/h6,8,14-15H,4-5H2,1-3H3,(H,12,13)/b9-7+. The summed E-state index contributed by atoms with van der Waals surface area (Å²) in [6.07, 6.45) is -0.408. The van der Waals surface area contributed by atoms with Gasteiger partial charge in [-0.25, -0.2) is 9.79 Å². The van der Waals surface area contributed by atoms with Crippen molar-refractivity contribution in [2.75, 3.05) is 6.61 Å². The van der Waals surface area contributed by atoms with Crippen molar-refractivity contribution < 1.29 is 19.7 Å². The van der Waals surface area contributed by atoms with Gasteiger partial charge in [-0.1, -0.05) is 0 Å². The van der Waals surface area contributed by atoms with Gasteiger partial charge >= 0.3 is 5.97 Å². The Morgan fingerprint density at radius 3 is 2.76 bits per heavy atom. The molecule has 1 heterocycles. The first-order valence-corrected chi connectivity index (χ1v) is 5.55. The van der Waals surface area contributed by atoms with Crippen molar-refractivity contribution in [3.8, 4) is 0 Å². The van der Waals surface area contributed by atoms with E-state index in [0.29, 0.717) is 6.42 Å². The molecule has 0 bridgehead atoms. The van der Waals surface area contributed by atoms with E-state index in [4.69, 9.17) is 4.74 Å². The molecule has 0 aromatic heterocycles. The maximum Gasteiger partial charge on any atom is 0.345 e. The summed E-state index contributed by atoms with van der Waals surface area (Å²) in [5.41, 5.74) is -0.0301. The monoisotopic (exact) mass is 242 g/mol. The number of allylic oxidation sites excluding steroid dienone is 1. The predicted molar refractivity (Wildman–Crippen MR) is 62.6 cm³/mol. The van der Waals surface area contributed by atoms with Crippen molar-refractivity contribution in [2.45, 2.75) is 39.5 Å². The van der Waals surface area contributed by atoms with Gasteiger partial charge < -0.3 is 20.3 Å². The highest BCUT2D eigenvalue weighted by molar-refractivity contribution is 6.19. The smallest absolute Gasteiger partial charge is 0.345 e. The number of esters is 1. The van der Waals surface area contributed by atoms with Gasteiger partial charge in [-0.3, -0.25) is 0 Å². The number of nitrogens with zero attached hydrogens (tertiary/aromatic N) is 1. The SMILES string of the molecule is CCOC(=O)/C(C1=NC(O)CC(C)N1)=C(\C)O. The number of hydrogen-bond donors (Lipinski definition) is 3. The first-order chi connectivity index (χ1) is 7.95. The number of rotatable bonds is 3. The van der Waals surface area contributed by atoms with Crippen molar-refractivity contribution in [1.82, 2.24) is 5.32 Å². The quantitative estimate of drug-likeness (QED) is 0.380. The normalized spacial score (nSPS) is 25.5. The number of aliphatic imine (C=N–C) groups is 1. The molecule has 0 aromatic rings. The van der Waals surface area contributed by atoms with E-state index in [-0.39, 0.29) is 29.8 Å². The van der Waals surface area contributed by atoms with E-state index in [9.17, 15) is 15.0 Å². The minimum absolute atomic E-state index is 0.0266. The van der Waals surface area contributed by atoms with Crippen LogP contribution >= 0.6 is 0 Å². The Kier molecular flexibility index (Phi) is 4.51. The van der Waals surface area contributed by atoms with E-state index in [0.717, 1.165) is 0 Å². The number of ether oxygens (including phenoxy) is 1. The number of carbonyl (C=O) groups is 1. The molecular weight excluding hydrogens is 224 g/mol. The number of aliphatic hydroxyl groups excluding tert-OH is 2. The zero-order chi connectivity index (χ0) is 13.0. The molecule has 6 heteroatoms. The number of amidine groups is 1. The van der Waals surface area contributed by atoms with Crippen LogP contribution in [0.4, 0.5) is 0 Å². The Labute approximate surface area is 100 Å². The van der Waals surface area contributed by atoms with E-state index < -0.39 is 12.2 Å². The Hall–Kier alpha value is -1.56. The molecule has 0 aliphatic carbocycles. The third kappa shape index (κ3) is 3.45. The lowest BCUT2D eigenvalue weighted by Gasteiger charge is -2.25. The van der Waals surface area contributed by atoms with Gasteiger partial charge in [0.15, 0.2) is 0 Å². The minimum Gasteiger partial charge on any atom is -0.512 e. The molecular formula is C11H18N2O4. The fourth-order valence-corrected chi connectivity index (χ4v) is 1.60. The first-order valence-electron chi connectivity index (χ1n) is 5.55. The Morgan fingerprint density at radius 2 is 2.29 bits per heavy atom. The molecule has 1 rings (SSSR count). The van der Waals surface area contributed by atoms with Gasteiger partial charge in [0.25, 0.3) is 0 Å². The summed E-state index contributed by atoms with van der Waals surface area (Å²) in [5, 5.41) is 22.0. The van der Waals surface area contributed by atoms with Crippen molar-refractivity contribution in [2.24, 2.45) is 4.99 Å². The van der Waals surface area contributed by atoms with Crippen LogP contribution in [-0.2, 0) is 9.53 Å². The van der Waals surface area contributed by atoms with E-state index in [1.54, 1.807) is 6.92 Å². The summed E-state index contributed by atoms with van der Waals surface area (Å²) in [5.74, 6) is -0.661. The Balaban J connectivity index is 3.01. The average Bonchev–Trinajstić information content (AvgIpc) is 2.15. The molecule has 0 saturated carbocycles. The number of nitrogens with one attached hydrogen (secondary N) is 1. The number of hydrogen-bond acceptors (Lipinski definition) is 6. The van der Waals surface area contributed by atoms with Crippen LogP contribution < -0.4 is 5.32 Å². The maximum atomic E-state index is 11.7. The second-order valence-electron chi connectivity index (χ2n) is 3.92. The van der Waals surface area contributed by atoms with Gasteiger partial charge in [-0.05, 0) is 20.8 Å². The molecule has 1 aliphatic heterocycles. The lowest BCUT2D eigenvalue weighted by molar-refractivity contribution is -0.138. The molecule has 2 unspecified atom stereocenters. The molecule has 6 nitrogen and oxygen atoms in total. The van der Waals surface area contributed by atoms with Crippen molar-refractivity contribution in [1.29, 1.82) is 0 Å². The van der Waals surface area contributed by atoms with Crippen LogP contribution in [0.1, 0.15) is 27.2 Å². The first kappa shape index (κ1) is 13.5. The fourth-order valence-electron chi connectivity index (χ4n) is 1.60. The topological polar surface area (TPSA) is 91.2 Å². The molecule has 3 N–H and O–H groups in total. The zero-order valence-electron chi connectivity index (χ0n) is 10.2. The van der Waals surface area contributed by atoms with Gasteiger partial charge in [-0.2, -0.15) is 0 Å². The number of aliphatic hydroxyl groups is 2. The summed E-state index contributed by atoms with van der Waals surface area (Å²) >= 11 is 0. The van der Waals surface area contributed by atoms with Crippen LogP contribution in [0.5, 0.6) is 0 Å². The van der Waals surface area contributed by atoms with Gasteiger partial charge in [0.05, 0.1) is 6.61 Å². The van der Waals surface area contributed by atoms with Gasteiger partial charge in [0, 0.05) is 12.5 Å². The third-order valence-electron chi connectivity index (χ3n) is 2.30. The summed E-state index contributed by atoms with van der Waals surface area (Å²) < 4.78 is 4.83. The molecule has 0 radical (unpaired) electrons. The second-order valence-corrected chi connectivity index (χ2v) is 3.92. The fraction of sp³-hybridized carbons (Fsp3) is 0.636. The molecule has 96 valence electrons. The van der Waals surface area contributed by atoms with Crippen LogP contribution in [0.25, 0.3) is 0 Å². The highest BCUT2D eigenvalue weighted by Crippen LogP contribution is 2.13. The predicted octanol–water partition coefficient (Wildman–Crippen LogP) is 0.480. The molecule has 0 fully saturated rings. The van der Waals surface area contributed by atoms with E-state index in [2.05, 4.69) is 10.3 Å². The summed E-state index contributed by atoms with van der Waals surface area (Å²) in [6, 6.07) is -0.0266. The van der Waals surface area contributed by atoms with E-state index in [1.165, 1.54) is 6.92 Å². The average molecular weight is 242 g/mol. The highest BCUT2D eigenvalue weighted by atomic mass is 16.5. The maximum absolute atomic E-state index is 11.7. The van der Waals surface area contributed by atoms with Crippen molar-refractivity contribution in [3.63, 3.8) is 0 Å². The van der Waals surface area contributed by atoms with Crippen LogP contribution in [0.15, 0.2) is 16.3 Å². The Morgan fingerprint density at radius 1 is 1.65 bits per heavy atom. The molecule has 2 atom stereocenters. The molecule has 0 aromatic carbocycles. The number of carbonyl (C=O) groups excluding carboxylic acids is 1. The summed E-state index contributed by atoms with van der Waals surface area (Å²) in [6.45, 7) is 5.12. The van der Waals surface area contributed by atoms with Gasteiger partial charge in [0.1, 0.15) is 23.4 Å². The minimum atomic E-state index is -0.870. The Bertz CT molecular complexity index is 358. The van der Waals surface area contributed by atoms with Crippen molar-refractivity contribution in [3.05, 3.63) is 11.3 Å². The second kappa shape index (κ2) is 5.67. The van der Waals surface area contributed by atoms with Gasteiger partial charge in [0.2, 0.25) is 0 Å². The lowest BCUT2D eigenvalue weighted by Crippen LogP contribution is -2.43. The molecule has 0 amide bonds. The van der Waals surface area contributed by atoms with Crippen molar-refractivity contribution >= 4 is 11.8 Å². The largest absolute Gasteiger partial charge is 0.512 e. The van der Waals surface area contributed by atoms with Gasteiger partial charge in [-0.15, -0.1) is 0 Å². The lowest BCUT2D eigenvalue weighted by atomic mass is 10.1. The molecule has 1 aliphatic rings. The summed E-state index contributed by atoms with van der Waals surface area (Å²) in [7, 11) is 0. The van der Waals surface area contributed by atoms with Crippen LogP contribution in [0, 0.1) is 0 Å². The van der Waals surface area contributed by atoms with E-state index in [1.807, 2.05) is 6.92 Å². The summed E-state index contributed by atoms with van der Waals surface area (Å²) in [4.78, 5) is 15.6. The van der Waals surface area contributed by atoms with Crippen LogP contribution in [0.2, 0.25) is 0 Å².